The molecule has 0 atom stereocenters. The quantitative estimate of drug-likeness (QED) is 0.857. The fourth-order valence-corrected chi connectivity index (χ4v) is 5.61. The number of halogens is 1. The van der Waals surface area contributed by atoms with E-state index in [2.05, 4.69) is 4.98 Å². The van der Waals surface area contributed by atoms with Crippen LogP contribution in [0.15, 0.2) is 18.2 Å². The molecule has 1 saturated carbocycles. The third-order valence-electron chi connectivity index (χ3n) is 4.17. The van der Waals surface area contributed by atoms with E-state index in [-0.39, 0.29) is 11.1 Å². The van der Waals surface area contributed by atoms with Gasteiger partial charge < -0.3 is 4.90 Å². The van der Waals surface area contributed by atoms with Crippen molar-refractivity contribution in [1.82, 2.24) is 9.29 Å². The van der Waals surface area contributed by atoms with E-state index >= 15 is 0 Å². The maximum absolute atomic E-state index is 13.7. The molecule has 2 heterocycles. The summed E-state index contributed by atoms with van der Waals surface area (Å²) in [4.78, 5) is 6.42. The third-order valence-corrected chi connectivity index (χ3v) is 7.65. The summed E-state index contributed by atoms with van der Waals surface area (Å²) in [7, 11) is -3.10. The van der Waals surface area contributed by atoms with Gasteiger partial charge >= 0.3 is 0 Å². The number of sulfonamides is 1. The minimum Gasteiger partial charge on any atom is -0.345 e. The summed E-state index contributed by atoms with van der Waals surface area (Å²) in [5.74, 6) is -0.310. The van der Waals surface area contributed by atoms with Gasteiger partial charge in [0.2, 0.25) is 10.0 Å². The molecule has 118 valence electrons. The number of para-hydroxylation sites is 1. The molecule has 2 fully saturated rings. The average molecular weight is 341 g/mol. The number of hydrogen-bond acceptors (Lipinski definition) is 5. The molecule has 5 nitrogen and oxygen atoms in total. The Morgan fingerprint density at radius 1 is 1.18 bits per heavy atom. The molecule has 2 aliphatic rings. The number of piperazine rings is 1. The summed E-state index contributed by atoms with van der Waals surface area (Å²) in [6.07, 6.45) is 1.58. The second-order valence-electron chi connectivity index (χ2n) is 5.71. The van der Waals surface area contributed by atoms with E-state index in [0.717, 1.165) is 22.7 Å². The summed E-state index contributed by atoms with van der Waals surface area (Å²) in [6.45, 7) is 2.18. The molecule has 0 spiro atoms. The molecule has 0 N–H and O–H groups in total. The molecule has 8 heteroatoms. The van der Waals surface area contributed by atoms with Crippen LogP contribution in [0.2, 0.25) is 0 Å². The second kappa shape index (κ2) is 5.14. The van der Waals surface area contributed by atoms with Gasteiger partial charge in [0.15, 0.2) is 5.13 Å². The van der Waals surface area contributed by atoms with Crippen LogP contribution in [0.4, 0.5) is 9.52 Å². The molecule has 4 rings (SSSR count). The van der Waals surface area contributed by atoms with Crippen molar-refractivity contribution in [2.75, 3.05) is 31.1 Å². The SMILES string of the molecule is O=S(=O)(C1CC1)N1CCN(c2nc3c(F)cccc3s2)CC1. The zero-order valence-electron chi connectivity index (χ0n) is 11.9. The van der Waals surface area contributed by atoms with Crippen LogP contribution in [-0.4, -0.2) is 49.1 Å². The number of fused-ring (bicyclic) bond motifs is 1. The van der Waals surface area contributed by atoms with Gasteiger partial charge in [-0.15, -0.1) is 0 Å². The number of rotatable bonds is 3. The Labute approximate surface area is 132 Å². The van der Waals surface area contributed by atoms with Gasteiger partial charge in [-0.3, -0.25) is 0 Å². The summed E-state index contributed by atoms with van der Waals surface area (Å²) in [5.41, 5.74) is 0.399. The first kappa shape index (κ1) is 14.3. The van der Waals surface area contributed by atoms with Crippen LogP contribution >= 0.6 is 11.3 Å². The zero-order chi connectivity index (χ0) is 15.3. The maximum Gasteiger partial charge on any atom is 0.217 e. The van der Waals surface area contributed by atoms with Gasteiger partial charge in [0.25, 0.3) is 0 Å². The van der Waals surface area contributed by atoms with Crippen molar-refractivity contribution >= 4 is 36.7 Å². The van der Waals surface area contributed by atoms with Gasteiger partial charge in [0, 0.05) is 26.2 Å². The van der Waals surface area contributed by atoms with Crippen LogP contribution in [0.3, 0.4) is 0 Å². The Bertz CT molecular complexity index is 809. The first-order chi connectivity index (χ1) is 10.6. The van der Waals surface area contributed by atoms with Crippen molar-refractivity contribution in [3.63, 3.8) is 0 Å². The van der Waals surface area contributed by atoms with Crippen molar-refractivity contribution in [2.24, 2.45) is 0 Å². The lowest BCUT2D eigenvalue weighted by atomic mass is 10.3. The molecule has 1 aliphatic heterocycles. The summed E-state index contributed by atoms with van der Waals surface area (Å²) >= 11 is 1.45. The van der Waals surface area contributed by atoms with E-state index in [1.54, 1.807) is 10.4 Å². The van der Waals surface area contributed by atoms with Gasteiger partial charge in [-0.05, 0) is 25.0 Å². The van der Waals surface area contributed by atoms with Crippen LogP contribution < -0.4 is 4.90 Å². The van der Waals surface area contributed by atoms with Crippen LogP contribution in [0.5, 0.6) is 0 Å². The van der Waals surface area contributed by atoms with Gasteiger partial charge in [-0.2, -0.15) is 4.31 Å². The van der Waals surface area contributed by atoms with Gasteiger partial charge in [-0.25, -0.2) is 17.8 Å². The molecule has 0 amide bonds. The van der Waals surface area contributed by atoms with E-state index < -0.39 is 10.0 Å². The maximum atomic E-state index is 13.7. The lowest BCUT2D eigenvalue weighted by molar-refractivity contribution is 0.384. The Morgan fingerprint density at radius 2 is 1.91 bits per heavy atom. The molecule has 0 bridgehead atoms. The second-order valence-corrected chi connectivity index (χ2v) is 8.94. The van der Waals surface area contributed by atoms with Crippen molar-refractivity contribution in [2.45, 2.75) is 18.1 Å². The van der Waals surface area contributed by atoms with E-state index in [1.165, 1.54) is 17.4 Å². The first-order valence-corrected chi connectivity index (χ1v) is 9.66. The first-order valence-electron chi connectivity index (χ1n) is 7.35. The Hall–Kier alpha value is -1.25. The Balaban J connectivity index is 1.52. The van der Waals surface area contributed by atoms with Crippen molar-refractivity contribution in [3.05, 3.63) is 24.0 Å². The van der Waals surface area contributed by atoms with Crippen LogP contribution in [0, 0.1) is 5.82 Å². The topological polar surface area (TPSA) is 53.5 Å². The molecule has 1 aromatic carbocycles. The summed E-state index contributed by atoms with van der Waals surface area (Å²) in [6, 6.07) is 4.94. The van der Waals surface area contributed by atoms with Crippen molar-refractivity contribution < 1.29 is 12.8 Å². The summed E-state index contributed by atoms with van der Waals surface area (Å²) < 4.78 is 40.6. The van der Waals surface area contributed by atoms with E-state index in [0.29, 0.717) is 31.7 Å². The number of anilines is 1. The smallest absolute Gasteiger partial charge is 0.217 e. The molecule has 0 unspecified atom stereocenters. The highest BCUT2D eigenvalue weighted by Crippen LogP contribution is 2.33. The predicted molar refractivity (Wildman–Crippen MR) is 85.3 cm³/mol. The van der Waals surface area contributed by atoms with Crippen molar-refractivity contribution in [1.29, 1.82) is 0 Å². The standard InChI is InChI=1S/C14H16FN3O2S2/c15-11-2-1-3-12-13(11)16-14(21-12)17-6-8-18(9-7-17)22(19,20)10-4-5-10/h1-3,10H,4-9H2. The molecule has 22 heavy (non-hydrogen) atoms. The minimum absolute atomic E-state index is 0.157. The van der Waals surface area contributed by atoms with Crippen molar-refractivity contribution in [3.8, 4) is 0 Å². The van der Waals surface area contributed by atoms with Crippen LogP contribution in [-0.2, 0) is 10.0 Å². The lowest BCUT2D eigenvalue weighted by Crippen LogP contribution is -2.49. The van der Waals surface area contributed by atoms with Gasteiger partial charge in [0.05, 0.1) is 9.95 Å². The monoisotopic (exact) mass is 341 g/mol. The molecule has 0 radical (unpaired) electrons. The van der Waals surface area contributed by atoms with E-state index in [4.69, 9.17) is 0 Å². The van der Waals surface area contributed by atoms with Crippen LogP contribution in [0.25, 0.3) is 10.2 Å². The number of benzene rings is 1. The zero-order valence-corrected chi connectivity index (χ0v) is 13.5. The minimum atomic E-state index is -3.10. The molecular formula is C14H16FN3O2S2. The van der Waals surface area contributed by atoms with E-state index in [9.17, 15) is 12.8 Å². The molecule has 2 aromatic rings. The number of nitrogens with zero attached hydrogens (tertiary/aromatic N) is 3. The molecule has 1 saturated heterocycles. The lowest BCUT2D eigenvalue weighted by Gasteiger charge is -2.33. The number of hydrogen-bond donors (Lipinski definition) is 0. The highest BCUT2D eigenvalue weighted by Gasteiger charge is 2.41. The van der Waals surface area contributed by atoms with E-state index in [1.807, 2.05) is 11.0 Å². The number of thiazole rings is 1. The van der Waals surface area contributed by atoms with Gasteiger partial charge in [0.1, 0.15) is 11.3 Å². The average Bonchev–Trinajstić information content (AvgIpc) is 3.28. The summed E-state index contributed by atoms with van der Waals surface area (Å²) in [5, 5.41) is 0.610. The molecule has 1 aliphatic carbocycles. The predicted octanol–water partition coefficient (Wildman–Crippen LogP) is 2.05. The normalized spacial score (nSPS) is 20.7. The highest BCUT2D eigenvalue weighted by molar-refractivity contribution is 7.90. The van der Waals surface area contributed by atoms with Gasteiger partial charge in [-0.1, -0.05) is 17.4 Å². The fourth-order valence-electron chi connectivity index (χ4n) is 2.75. The molecule has 1 aromatic heterocycles. The highest BCUT2D eigenvalue weighted by atomic mass is 32.2. The fraction of sp³-hybridized carbons (Fsp3) is 0.500. The van der Waals surface area contributed by atoms with Crippen LogP contribution in [0.1, 0.15) is 12.8 Å². The largest absolute Gasteiger partial charge is 0.345 e. The Morgan fingerprint density at radius 3 is 2.55 bits per heavy atom. The third kappa shape index (κ3) is 2.39. The Kier molecular flexibility index (Phi) is 3.35. The molecular weight excluding hydrogens is 325 g/mol. The number of aromatic nitrogens is 1.